The van der Waals surface area contributed by atoms with Gasteiger partial charge >= 0.3 is 0 Å². The highest BCUT2D eigenvalue weighted by molar-refractivity contribution is 5.97. The molecule has 1 aromatic carbocycles. The first kappa shape index (κ1) is 9.25. The standard InChI is InChI=1S/C9H9NO3/c1-5(11)7-4-6(10)2-3-8(12)9(7)13/h2-4H,10H2,1H3,(H,12,13). The van der Waals surface area contributed by atoms with Gasteiger partial charge in [-0.3, -0.25) is 9.59 Å². The second-order valence-corrected chi connectivity index (χ2v) is 2.66. The van der Waals surface area contributed by atoms with Crippen LogP contribution in [-0.4, -0.2) is 10.9 Å². The van der Waals surface area contributed by atoms with E-state index in [0.717, 1.165) is 6.07 Å². The summed E-state index contributed by atoms with van der Waals surface area (Å²) in [6, 6.07) is 3.74. The fourth-order valence-corrected chi connectivity index (χ4v) is 0.935. The Labute approximate surface area is 74.6 Å². The normalized spacial score (nSPS) is 9.62. The molecular formula is C9H9NO3. The zero-order valence-electron chi connectivity index (χ0n) is 7.07. The van der Waals surface area contributed by atoms with E-state index in [4.69, 9.17) is 5.73 Å². The zero-order chi connectivity index (χ0) is 10.0. The van der Waals surface area contributed by atoms with Crippen LogP contribution in [0.25, 0.3) is 0 Å². The lowest BCUT2D eigenvalue weighted by Crippen LogP contribution is -2.00. The van der Waals surface area contributed by atoms with E-state index >= 15 is 0 Å². The van der Waals surface area contributed by atoms with Gasteiger partial charge in [0, 0.05) is 5.69 Å². The molecule has 0 aliphatic carbocycles. The first-order chi connectivity index (χ1) is 6.02. The maximum absolute atomic E-state index is 11.0. The average Bonchev–Trinajstić information content (AvgIpc) is 2.18. The molecule has 0 aromatic heterocycles. The minimum absolute atomic E-state index is 0.0486. The van der Waals surface area contributed by atoms with Gasteiger partial charge in [-0.25, -0.2) is 0 Å². The molecule has 0 amide bonds. The number of anilines is 1. The van der Waals surface area contributed by atoms with Crippen molar-refractivity contribution in [3.05, 3.63) is 34.0 Å². The van der Waals surface area contributed by atoms with Crippen LogP contribution in [0.1, 0.15) is 17.3 Å². The molecule has 0 aliphatic rings. The van der Waals surface area contributed by atoms with Gasteiger partial charge < -0.3 is 10.8 Å². The Hall–Kier alpha value is -1.84. The molecule has 1 aromatic rings. The highest BCUT2D eigenvalue weighted by Gasteiger charge is 2.08. The van der Waals surface area contributed by atoms with E-state index in [9.17, 15) is 14.7 Å². The summed E-state index contributed by atoms with van der Waals surface area (Å²) in [5, 5.41) is 9.26. The van der Waals surface area contributed by atoms with Crippen molar-refractivity contribution in [2.75, 3.05) is 5.73 Å². The molecule has 0 bridgehead atoms. The zero-order valence-corrected chi connectivity index (χ0v) is 7.07. The predicted octanol–water partition coefficient (Wildman–Crippen LogP) is 0.537. The summed E-state index contributed by atoms with van der Waals surface area (Å²) in [5.74, 6) is -0.943. The molecule has 68 valence electrons. The second-order valence-electron chi connectivity index (χ2n) is 2.66. The number of hydrogen-bond acceptors (Lipinski definition) is 4. The third kappa shape index (κ3) is 1.84. The van der Waals surface area contributed by atoms with Crippen molar-refractivity contribution < 1.29 is 9.90 Å². The Bertz CT molecular complexity index is 412. The highest BCUT2D eigenvalue weighted by Crippen LogP contribution is 2.13. The molecule has 0 aliphatic heterocycles. The number of nitrogen functional groups attached to an aromatic ring is 1. The summed E-state index contributed by atoms with van der Waals surface area (Å²) < 4.78 is 0. The van der Waals surface area contributed by atoms with Gasteiger partial charge in [-0.2, -0.15) is 0 Å². The van der Waals surface area contributed by atoms with Gasteiger partial charge in [0.25, 0.3) is 0 Å². The van der Waals surface area contributed by atoms with Crippen LogP contribution in [-0.2, 0) is 0 Å². The molecule has 1 rings (SSSR count). The Morgan fingerprint density at radius 1 is 1.46 bits per heavy atom. The molecule has 0 heterocycles. The largest absolute Gasteiger partial charge is 0.504 e. The predicted molar refractivity (Wildman–Crippen MR) is 48.8 cm³/mol. The Morgan fingerprint density at radius 2 is 2.08 bits per heavy atom. The number of hydrogen-bond donors (Lipinski definition) is 2. The van der Waals surface area contributed by atoms with Gasteiger partial charge in [0.1, 0.15) is 0 Å². The molecule has 0 unspecified atom stereocenters. The third-order valence-corrected chi connectivity index (χ3v) is 1.61. The number of rotatable bonds is 1. The van der Waals surface area contributed by atoms with Crippen LogP contribution < -0.4 is 11.2 Å². The molecule has 0 spiro atoms. The first-order valence-electron chi connectivity index (χ1n) is 3.66. The van der Waals surface area contributed by atoms with Gasteiger partial charge in [0.2, 0.25) is 5.43 Å². The van der Waals surface area contributed by atoms with Gasteiger partial charge in [-0.15, -0.1) is 0 Å². The topological polar surface area (TPSA) is 80.4 Å². The molecule has 0 atom stereocenters. The maximum atomic E-state index is 11.0. The molecule has 0 radical (unpaired) electrons. The van der Waals surface area contributed by atoms with E-state index < -0.39 is 17.0 Å². The van der Waals surface area contributed by atoms with Crippen molar-refractivity contribution >= 4 is 11.5 Å². The Morgan fingerprint density at radius 3 is 2.62 bits per heavy atom. The smallest absolute Gasteiger partial charge is 0.220 e. The van der Waals surface area contributed by atoms with Crippen molar-refractivity contribution in [3.8, 4) is 5.75 Å². The van der Waals surface area contributed by atoms with Crippen molar-refractivity contribution in [1.29, 1.82) is 0 Å². The van der Waals surface area contributed by atoms with Gasteiger partial charge in [-0.1, -0.05) is 0 Å². The van der Waals surface area contributed by atoms with Gasteiger partial charge in [0.15, 0.2) is 11.5 Å². The summed E-state index contributed by atoms with van der Waals surface area (Å²) in [4.78, 5) is 22.0. The Kier molecular flexibility index (Phi) is 2.32. The lowest BCUT2D eigenvalue weighted by atomic mass is 10.2. The number of nitrogens with two attached hydrogens (primary N) is 1. The summed E-state index contributed by atoms with van der Waals surface area (Å²) in [7, 11) is 0. The summed E-state index contributed by atoms with van der Waals surface area (Å²) in [6.07, 6.45) is 0. The van der Waals surface area contributed by atoms with E-state index in [0.29, 0.717) is 0 Å². The van der Waals surface area contributed by atoms with Crippen LogP contribution in [0.5, 0.6) is 5.75 Å². The molecule has 0 fully saturated rings. The van der Waals surface area contributed by atoms with Crippen LogP contribution in [0, 0.1) is 0 Å². The molecule has 4 nitrogen and oxygen atoms in total. The van der Waals surface area contributed by atoms with E-state index in [2.05, 4.69) is 0 Å². The number of carbonyl (C=O) groups is 1. The maximum Gasteiger partial charge on any atom is 0.220 e. The molecule has 13 heavy (non-hydrogen) atoms. The lowest BCUT2D eigenvalue weighted by molar-refractivity contribution is 0.101. The summed E-state index contributed by atoms with van der Waals surface area (Å²) in [5.41, 5.74) is 5.02. The average molecular weight is 179 g/mol. The van der Waals surface area contributed by atoms with Gasteiger partial charge in [-0.05, 0) is 25.1 Å². The highest BCUT2D eigenvalue weighted by atomic mass is 16.3. The first-order valence-corrected chi connectivity index (χ1v) is 3.66. The lowest BCUT2D eigenvalue weighted by Gasteiger charge is -1.93. The van der Waals surface area contributed by atoms with Crippen LogP contribution in [0.4, 0.5) is 5.69 Å². The minimum Gasteiger partial charge on any atom is -0.504 e. The number of ketones is 1. The van der Waals surface area contributed by atoms with E-state index in [1.54, 1.807) is 0 Å². The number of aromatic hydroxyl groups is 1. The molecule has 0 saturated carbocycles. The van der Waals surface area contributed by atoms with Crippen molar-refractivity contribution in [2.45, 2.75) is 6.92 Å². The minimum atomic E-state index is -0.609. The molecule has 4 heteroatoms. The number of Topliss-reactive ketones (excluding diaryl/α,β-unsaturated/α-hetero) is 1. The fourth-order valence-electron chi connectivity index (χ4n) is 0.935. The van der Waals surface area contributed by atoms with Gasteiger partial charge in [0.05, 0.1) is 5.56 Å². The summed E-state index contributed by atoms with van der Waals surface area (Å²) >= 11 is 0. The molecular weight excluding hydrogens is 170 g/mol. The van der Waals surface area contributed by atoms with Crippen LogP contribution in [0.2, 0.25) is 0 Å². The number of carbonyl (C=O) groups excluding carboxylic acids is 1. The quantitative estimate of drug-likeness (QED) is 0.616. The van der Waals surface area contributed by atoms with Crippen LogP contribution in [0.3, 0.4) is 0 Å². The van der Waals surface area contributed by atoms with Crippen LogP contribution in [0.15, 0.2) is 23.0 Å². The Balaban J connectivity index is 3.62. The SMILES string of the molecule is CC(=O)c1cc(N)ccc(=O)c1O. The fraction of sp³-hybridized carbons (Fsp3) is 0.111. The van der Waals surface area contributed by atoms with E-state index in [1.165, 1.54) is 19.1 Å². The third-order valence-electron chi connectivity index (χ3n) is 1.61. The monoisotopic (exact) mass is 179 g/mol. The molecule has 3 N–H and O–H groups in total. The van der Waals surface area contributed by atoms with Crippen LogP contribution >= 0.6 is 0 Å². The van der Waals surface area contributed by atoms with Crippen molar-refractivity contribution in [1.82, 2.24) is 0 Å². The van der Waals surface area contributed by atoms with E-state index in [1.807, 2.05) is 0 Å². The van der Waals surface area contributed by atoms with Crippen molar-refractivity contribution in [3.63, 3.8) is 0 Å². The molecule has 0 saturated heterocycles. The second kappa shape index (κ2) is 3.26. The summed E-state index contributed by atoms with van der Waals surface area (Å²) in [6.45, 7) is 1.26. The van der Waals surface area contributed by atoms with Crippen molar-refractivity contribution in [2.24, 2.45) is 0 Å². The van der Waals surface area contributed by atoms with E-state index in [-0.39, 0.29) is 11.3 Å².